The van der Waals surface area contributed by atoms with E-state index in [1.54, 1.807) is 0 Å². The predicted molar refractivity (Wildman–Crippen MR) is 66.1 cm³/mol. The highest BCUT2D eigenvalue weighted by atomic mass is 16.6. The van der Waals surface area contributed by atoms with Gasteiger partial charge in [-0.1, -0.05) is 25.2 Å². The summed E-state index contributed by atoms with van der Waals surface area (Å²) in [5.74, 6) is 0.195. The van der Waals surface area contributed by atoms with Crippen LogP contribution in [0.5, 0.6) is 0 Å². The Balaban J connectivity index is 2.53. The number of allylic oxidation sites excluding steroid dienone is 4. The van der Waals surface area contributed by atoms with Crippen molar-refractivity contribution in [3.8, 4) is 0 Å². The van der Waals surface area contributed by atoms with Crippen LogP contribution in [-0.4, -0.2) is 19.4 Å². The normalized spacial score (nSPS) is 25.1. The molecule has 0 aromatic heterocycles. The van der Waals surface area contributed by atoms with Crippen molar-refractivity contribution in [2.75, 3.05) is 0 Å². The van der Waals surface area contributed by atoms with Gasteiger partial charge in [0.1, 0.15) is 13.4 Å². The second kappa shape index (κ2) is 4.90. The van der Waals surface area contributed by atoms with E-state index in [4.69, 9.17) is 12.6 Å². The van der Waals surface area contributed by atoms with Crippen LogP contribution >= 0.6 is 0 Å². The Morgan fingerprint density at radius 3 is 2.69 bits per heavy atom. The minimum Gasteiger partial charge on any atom is -0.460 e. The average molecular weight is 218 g/mol. The summed E-state index contributed by atoms with van der Waals surface area (Å²) in [5, 5.41) is 0. The Bertz CT molecular complexity index is 323. The molecule has 0 aromatic carbocycles. The van der Waals surface area contributed by atoms with Gasteiger partial charge in [0.2, 0.25) is 0 Å². The van der Waals surface area contributed by atoms with Gasteiger partial charge >= 0.3 is 5.97 Å². The number of carbonyl (C=O) groups is 1. The van der Waals surface area contributed by atoms with E-state index in [9.17, 15) is 4.79 Å². The first-order chi connectivity index (χ1) is 7.29. The molecule has 2 radical (unpaired) electrons. The number of hydrogen-bond donors (Lipinski definition) is 0. The first kappa shape index (κ1) is 13.1. The maximum absolute atomic E-state index is 11.7. The zero-order chi connectivity index (χ0) is 12.3. The van der Waals surface area contributed by atoms with Crippen molar-refractivity contribution in [3.05, 3.63) is 23.7 Å². The van der Waals surface area contributed by atoms with Gasteiger partial charge in [0.15, 0.2) is 0 Å². The molecule has 0 N–H and O–H groups in total. The smallest absolute Gasteiger partial charge is 0.306 e. The SMILES string of the molecule is [B]C1=CC=CC(CC(=O)OC(C)(C)C)C1C. The second-order valence-electron chi connectivity index (χ2n) is 5.29. The molecule has 2 unspecified atom stereocenters. The molecule has 0 spiro atoms. The molecule has 1 rings (SSSR count). The molecule has 3 heteroatoms. The molecule has 0 aliphatic heterocycles. The third kappa shape index (κ3) is 3.88. The lowest BCUT2D eigenvalue weighted by atomic mass is 9.73. The van der Waals surface area contributed by atoms with Crippen LogP contribution in [0.3, 0.4) is 0 Å². The van der Waals surface area contributed by atoms with E-state index in [0.717, 1.165) is 5.47 Å². The Kier molecular flexibility index (Phi) is 4.00. The molecule has 2 nitrogen and oxygen atoms in total. The van der Waals surface area contributed by atoms with Gasteiger partial charge in [-0.3, -0.25) is 4.79 Å². The summed E-state index contributed by atoms with van der Waals surface area (Å²) in [6.07, 6.45) is 6.20. The molecule has 0 amide bonds. The summed E-state index contributed by atoms with van der Waals surface area (Å²) in [4.78, 5) is 11.7. The fraction of sp³-hybridized carbons (Fsp3) is 0.615. The van der Waals surface area contributed by atoms with Crippen LogP contribution in [0, 0.1) is 11.8 Å². The van der Waals surface area contributed by atoms with E-state index in [1.807, 2.05) is 45.9 Å². The van der Waals surface area contributed by atoms with Crippen molar-refractivity contribution >= 4 is 13.8 Å². The zero-order valence-electron chi connectivity index (χ0n) is 10.5. The fourth-order valence-electron chi connectivity index (χ4n) is 1.70. The van der Waals surface area contributed by atoms with E-state index in [2.05, 4.69) is 0 Å². The van der Waals surface area contributed by atoms with Gasteiger partial charge in [0.05, 0.1) is 6.42 Å². The fourth-order valence-corrected chi connectivity index (χ4v) is 1.70. The van der Waals surface area contributed by atoms with Crippen LogP contribution in [0.25, 0.3) is 0 Å². The minimum atomic E-state index is -0.417. The number of carbonyl (C=O) groups excluding carboxylic acids is 1. The first-order valence-electron chi connectivity index (χ1n) is 5.65. The highest BCUT2D eigenvalue weighted by Crippen LogP contribution is 2.27. The van der Waals surface area contributed by atoms with Gasteiger partial charge in [-0.05, 0) is 32.6 Å². The van der Waals surface area contributed by atoms with Gasteiger partial charge in [-0.25, -0.2) is 0 Å². The third-order valence-corrected chi connectivity index (χ3v) is 2.64. The maximum atomic E-state index is 11.7. The molecule has 1 aliphatic carbocycles. The minimum absolute atomic E-state index is 0.153. The van der Waals surface area contributed by atoms with Crippen LogP contribution in [0.4, 0.5) is 0 Å². The van der Waals surface area contributed by atoms with Gasteiger partial charge in [-0.15, -0.1) is 5.47 Å². The lowest BCUT2D eigenvalue weighted by Crippen LogP contribution is -2.27. The Labute approximate surface area is 99.2 Å². The molecule has 0 saturated heterocycles. The van der Waals surface area contributed by atoms with Crippen LogP contribution in [0.15, 0.2) is 23.7 Å². The average Bonchev–Trinajstić information content (AvgIpc) is 2.09. The lowest BCUT2D eigenvalue weighted by Gasteiger charge is -2.26. The molecule has 2 atom stereocenters. The summed E-state index contributed by atoms with van der Waals surface area (Å²) < 4.78 is 5.29. The summed E-state index contributed by atoms with van der Waals surface area (Å²) in [7, 11) is 5.83. The van der Waals surface area contributed by atoms with Gasteiger partial charge in [-0.2, -0.15) is 0 Å². The number of ether oxygens (including phenoxy) is 1. The summed E-state index contributed by atoms with van der Waals surface area (Å²) >= 11 is 0. The van der Waals surface area contributed by atoms with Crippen molar-refractivity contribution in [2.45, 2.75) is 39.7 Å². The standard InChI is InChI=1S/C13H19BO2/c1-9-10(6-5-7-11(9)14)8-12(15)16-13(2,3)4/h5-7,9-10H,8H2,1-4H3. The van der Waals surface area contributed by atoms with Crippen molar-refractivity contribution in [1.29, 1.82) is 0 Å². The van der Waals surface area contributed by atoms with Crippen molar-refractivity contribution in [2.24, 2.45) is 11.8 Å². The van der Waals surface area contributed by atoms with E-state index in [-0.39, 0.29) is 17.8 Å². The number of esters is 1. The van der Waals surface area contributed by atoms with Crippen molar-refractivity contribution < 1.29 is 9.53 Å². The van der Waals surface area contributed by atoms with Gasteiger partial charge in [0, 0.05) is 0 Å². The summed E-state index contributed by atoms with van der Waals surface area (Å²) in [5.41, 5.74) is 0.413. The largest absolute Gasteiger partial charge is 0.460 e. The third-order valence-electron chi connectivity index (χ3n) is 2.64. The zero-order valence-corrected chi connectivity index (χ0v) is 10.5. The number of hydrogen-bond acceptors (Lipinski definition) is 2. The molecule has 0 bridgehead atoms. The Hall–Kier alpha value is -0.985. The quantitative estimate of drug-likeness (QED) is 0.526. The molecule has 0 heterocycles. The highest BCUT2D eigenvalue weighted by molar-refractivity contribution is 6.22. The molecule has 0 aromatic rings. The molecule has 86 valence electrons. The first-order valence-corrected chi connectivity index (χ1v) is 5.65. The molecular weight excluding hydrogens is 199 g/mol. The molecular formula is C13H19BO2. The van der Waals surface area contributed by atoms with Crippen molar-refractivity contribution in [1.82, 2.24) is 0 Å². The Morgan fingerprint density at radius 1 is 1.50 bits per heavy atom. The second-order valence-corrected chi connectivity index (χ2v) is 5.29. The van der Waals surface area contributed by atoms with Crippen LogP contribution in [0.2, 0.25) is 0 Å². The highest BCUT2D eigenvalue weighted by Gasteiger charge is 2.24. The van der Waals surface area contributed by atoms with Crippen LogP contribution in [0.1, 0.15) is 34.1 Å². The monoisotopic (exact) mass is 218 g/mol. The van der Waals surface area contributed by atoms with E-state index in [0.29, 0.717) is 6.42 Å². The van der Waals surface area contributed by atoms with Crippen LogP contribution in [-0.2, 0) is 9.53 Å². The van der Waals surface area contributed by atoms with Crippen molar-refractivity contribution in [3.63, 3.8) is 0 Å². The summed E-state index contributed by atoms with van der Waals surface area (Å²) in [6, 6.07) is 0. The van der Waals surface area contributed by atoms with E-state index < -0.39 is 5.60 Å². The lowest BCUT2D eigenvalue weighted by molar-refractivity contribution is -0.155. The summed E-state index contributed by atoms with van der Waals surface area (Å²) in [6.45, 7) is 7.66. The van der Waals surface area contributed by atoms with Crippen LogP contribution < -0.4 is 0 Å². The van der Waals surface area contributed by atoms with Gasteiger partial charge in [0.25, 0.3) is 0 Å². The van der Waals surface area contributed by atoms with Gasteiger partial charge < -0.3 is 4.74 Å². The Morgan fingerprint density at radius 2 is 2.12 bits per heavy atom. The molecule has 0 saturated carbocycles. The molecule has 0 fully saturated rings. The molecule has 1 aliphatic rings. The molecule has 16 heavy (non-hydrogen) atoms. The predicted octanol–water partition coefficient (Wildman–Crippen LogP) is 2.59. The van der Waals surface area contributed by atoms with E-state index >= 15 is 0 Å². The maximum Gasteiger partial charge on any atom is 0.306 e. The number of rotatable bonds is 2. The topological polar surface area (TPSA) is 26.3 Å². The van der Waals surface area contributed by atoms with E-state index in [1.165, 1.54) is 0 Å².